The van der Waals surface area contributed by atoms with Crippen LogP contribution in [0.1, 0.15) is 45.4 Å². The molecule has 0 aromatic heterocycles. The van der Waals surface area contributed by atoms with Crippen LogP contribution in [0, 0.1) is 34.5 Å². The van der Waals surface area contributed by atoms with E-state index in [1.807, 2.05) is 0 Å². The monoisotopic (exact) mass is 342 g/mol. The zero-order chi connectivity index (χ0) is 17.4. The molecule has 1 aliphatic heterocycles. The van der Waals surface area contributed by atoms with E-state index in [0.29, 0.717) is 24.5 Å². The van der Waals surface area contributed by atoms with Crippen molar-refractivity contribution < 1.29 is 4.79 Å². The molecule has 5 heteroatoms. The minimum absolute atomic E-state index is 0.130. The van der Waals surface area contributed by atoms with Gasteiger partial charge in [-0.3, -0.25) is 4.79 Å². The summed E-state index contributed by atoms with van der Waals surface area (Å²) in [5.41, 5.74) is 0.627. The Kier molecular flexibility index (Phi) is 4.49. The number of rotatable bonds is 4. The summed E-state index contributed by atoms with van der Waals surface area (Å²) >= 11 is 0. The molecule has 136 valence electrons. The van der Waals surface area contributed by atoms with Crippen molar-refractivity contribution in [2.75, 3.05) is 26.2 Å². The molecule has 1 unspecified atom stereocenters. The summed E-state index contributed by atoms with van der Waals surface area (Å²) in [6.45, 7) is 5.24. The Morgan fingerprint density at radius 1 is 1.20 bits per heavy atom. The molecular formula is C20H30N4O. The van der Waals surface area contributed by atoms with Gasteiger partial charge in [0.2, 0.25) is 0 Å². The predicted octanol–water partition coefficient (Wildman–Crippen LogP) is 2.02. The number of amides is 1. The van der Waals surface area contributed by atoms with E-state index in [-0.39, 0.29) is 11.5 Å². The highest BCUT2D eigenvalue weighted by Crippen LogP contribution is 2.61. The van der Waals surface area contributed by atoms with Gasteiger partial charge in [-0.2, -0.15) is 5.26 Å². The molecule has 25 heavy (non-hydrogen) atoms. The normalized spacial score (nSPS) is 38.3. The predicted molar refractivity (Wildman–Crippen MR) is 96.3 cm³/mol. The van der Waals surface area contributed by atoms with Gasteiger partial charge in [-0.25, -0.2) is 0 Å². The van der Waals surface area contributed by atoms with Crippen molar-refractivity contribution in [2.45, 2.75) is 51.5 Å². The van der Waals surface area contributed by atoms with Crippen LogP contribution >= 0.6 is 0 Å². The number of hydrogen-bond donors (Lipinski definition) is 2. The molecule has 5 rings (SSSR count). The minimum atomic E-state index is -0.130. The SMILES string of the molecule is CC(N/C=C(/C#N)C(=O)N1CCNCC1)C12CC3CC(CC(C3)C1)C2. The van der Waals surface area contributed by atoms with Crippen molar-refractivity contribution in [3.05, 3.63) is 11.8 Å². The first kappa shape index (κ1) is 16.9. The van der Waals surface area contributed by atoms with E-state index in [1.165, 1.54) is 38.5 Å². The standard InChI is InChI=1S/C20H30N4O/c1-14(20-9-15-6-16(10-20)8-17(7-15)11-20)23-13-18(12-21)19(25)24-4-2-22-3-5-24/h13-17,22-23H,2-11H2,1H3/b18-13-. The van der Waals surface area contributed by atoms with Crippen LogP contribution in [0.4, 0.5) is 0 Å². The van der Waals surface area contributed by atoms with E-state index in [4.69, 9.17) is 0 Å². The molecule has 1 heterocycles. The maximum Gasteiger partial charge on any atom is 0.266 e. The Bertz CT molecular complexity index is 564. The second-order valence-electron chi connectivity index (χ2n) is 8.88. The molecule has 0 aromatic carbocycles. The third-order valence-corrected chi connectivity index (χ3v) is 7.24. The van der Waals surface area contributed by atoms with Crippen LogP contribution in [-0.4, -0.2) is 43.0 Å². The Hall–Kier alpha value is -1.54. The van der Waals surface area contributed by atoms with Gasteiger partial charge in [-0.05, 0) is 68.6 Å². The summed E-state index contributed by atoms with van der Waals surface area (Å²) in [6.07, 6.45) is 10.00. The molecule has 4 bridgehead atoms. The highest BCUT2D eigenvalue weighted by atomic mass is 16.2. The molecular weight excluding hydrogens is 312 g/mol. The van der Waals surface area contributed by atoms with Gasteiger partial charge in [0.15, 0.2) is 0 Å². The highest BCUT2D eigenvalue weighted by molar-refractivity contribution is 5.97. The lowest BCUT2D eigenvalue weighted by Crippen LogP contribution is -2.54. The second-order valence-corrected chi connectivity index (χ2v) is 8.88. The molecule has 5 nitrogen and oxygen atoms in total. The lowest BCUT2D eigenvalue weighted by Gasteiger charge is -2.59. The maximum atomic E-state index is 12.6. The van der Waals surface area contributed by atoms with E-state index >= 15 is 0 Å². The Morgan fingerprint density at radius 2 is 1.76 bits per heavy atom. The highest BCUT2D eigenvalue weighted by Gasteiger charge is 2.53. The van der Waals surface area contributed by atoms with E-state index in [1.54, 1.807) is 11.1 Å². The Balaban J connectivity index is 1.43. The summed E-state index contributed by atoms with van der Waals surface area (Å²) in [6, 6.07) is 2.45. The van der Waals surface area contributed by atoms with Crippen molar-refractivity contribution >= 4 is 5.91 Å². The molecule has 5 fully saturated rings. The largest absolute Gasteiger partial charge is 0.387 e. The lowest BCUT2D eigenvalue weighted by molar-refractivity contribution is -0.127. The van der Waals surface area contributed by atoms with Gasteiger partial charge in [0.05, 0.1) is 0 Å². The minimum Gasteiger partial charge on any atom is -0.387 e. The zero-order valence-corrected chi connectivity index (χ0v) is 15.3. The fraction of sp³-hybridized carbons (Fsp3) is 0.800. The summed E-state index contributed by atoms with van der Waals surface area (Å²) in [7, 11) is 0. The van der Waals surface area contributed by atoms with Crippen LogP contribution in [-0.2, 0) is 4.79 Å². The molecule has 1 amide bonds. The van der Waals surface area contributed by atoms with Gasteiger partial charge in [0.25, 0.3) is 5.91 Å². The van der Waals surface area contributed by atoms with Gasteiger partial charge in [0.1, 0.15) is 11.6 Å². The van der Waals surface area contributed by atoms with Crippen molar-refractivity contribution in [1.82, 2.24) is 15.5 Å². The number of piperazine rings is 1. The lowest BCUT2D eigenvalue weighted by atomic mass is 9.48. The first-order chi connectivity index (χ1) is 12.1. The van der Waals surface area contributed by atoms with Crippen molar-refractivity contribution in [1.29, 1.82) is 5.26 Å². The van der Waals surface area contributed by atoms with Crippen LogP contribution in [0.5, 0.6) is 0 Å². The molecule has 2 N–H and O–H groups in total. The number of hydrogen-bond acceptors (Lipinski definition) is 4. The van der Waals surface area contributed by atoms with Crippen LogP contribution < -0.4 is 10.6 Å². The summed E-state index contributed by atoms with van der Waals surface area (Å²) in [4.78, 5) is 14.3. The molecule has 5 aliphatic rings. The maximum absolute atomic E-state index is 12.6. The number of carbonyl (C=O) groups excluding carboxylic acids is 1. The number of nitrogens with zero attached hydrogens (tertiary/aromatic N) is 2. The summed E-state index contributed by atoms with van der Waals surface area (Å²) in [5, 5.41) is 16.2. The molecule has 0 spiro atoms. The van der Waals surface area contributed by atoms with Crippen LogP contribution in [0.3, 0.4) is 0 Å². The molecule has 0 aromatic rings. The van der Waals surface area contributed by atoms with Gasteiger partial charge in [-0.15, -0.1) is 0 Å². The molecule has 1 atom stereocenters. The first-order valence-corrected chi connectivity index (χ1v) is 9.96. The third-order valence-electron chi connectivity index (χ3n) is 7.24. The van der Waals surface area contributed by atoms with E-state index in [9.17, 15) is 10.1 Å². The smallest absolute Gasteiger partial charge is 0.266 e. The summed E-state index contributed by atoms with van der Waals surface area (Å²) in [5.74, 6) is 2.61. The Labute approximate surface area is 150 Å². The van der Waals surface area contributed by atoms with E-state index in [2.05, 4.69) is 23.6 Å². The van der Waals surface area contributed by atoms with Crippen LogP contribution in [0.25, 0.3) is 0 Å². The fourth-order valence-electron chi connectivity index (χ4n) is 6.27. The number of nitriles is 1. The number of nitrogens with one attached hydrogen (secondary N) is 2. The van der Waals surface area contributed by atoms with Gasteiger partial charge in [-0.1, -0.05) is 0 Å². The number of carbonyl (C=O) groups is 1. The molecule has 1 saturated heterocycles. The van der Waals surface area contributed by atoms with Gasteiger partial charge < -0.3 is 15.5 Å². The van der Waals surface area contributed by atoms with Crippen molar-refractivity contribution in [2.24, 2.45) is 23.2 Å². The quantitative estimate of drug-likeness (QED) is 0.606. The topological polar surface area (TPSA) is 68.2 Å². The molecule has 0 radical (unpaired) electrons. The average molecular weight is 342 g/mol. The van der Waals surface area contributed by atoms with Crippen LogP contribution in [0.2, 0.25) is 0 Å². The van der Waals surface area contributed by atoms with Crippen LogP contribution in [0.15, 0.2) is 11.8 Å². The van der Waals surface area contributed by atoms with Crippen molar-refractivity contribution in [3.8, 4) is 6.07 Å². The fourth-order valence-corrected chi connectivity index (χ4v) is 6.27. The van der Waals surface area contributed by atoms with E-state index < -0.39 is 0 Å². The molecule has 4 aliphatic carbocycles. The average Bonchev–Trinajstić information content (AvgIpc) is 2.61. The zero-order valence-electron chi connectivity index (χ0n) is 15.3. The Morgan fingerprint density at radius 3 is 2.28 bits per heavy atom. The summed E-state index contributed by atoms with van der Waals surface area (Å²) < 4.78 is 0. The first-order valence-electron chi connectivity index (χ1n) is 9.96. The van der Waals surface area contributed by atoms with Gasteiger partial charge in [0, 0.05) is 38.4 Å². The van der Waals surface area contributed by atoms with Gasteiger partial charge >= 0.3 is 0 Å². The molecule has 4 saturated carbocycles. The van der Waals surface area contributed by atoms with Crippen molar-refractivity contribution in [3.63, 3.8) is 0 Å². The second kappa shape index (κ2) is 6.64. The third kappa shape index (κ3) is 3.17. The van der Waals surface area contributed by atoms with E-state index in [0.717, 1.165) is 30.8 Å².